The van der Waals surface area contributed by atoms with Crippen LogP contribution in [0.1, 0.15) is 23.2 Å². The quantitative estimate of drug-likeness (QED) is 0.311. The molecule has 0 saturated carbocycles. The normalized spacial score (nSPS) is 17.1. The van der Waals surface area contributed by atoms with Crippen molar-refractivity contribution in [2.45, 2.75) is 18.9 Å². The highest BCUT2D eigenvalue weighted by atomic mass is 19.1. The molecule has 0 unspecified atom stereocenters. The average molecular weight is 544 g/mol. The molecule has 4 aromatic rings. The second-order valence-corrected chi connectivity index (χ2v) is 9.74. The van der Waals surface area contributed by atoms with E-state index in [0.717, 1.165) is 30.2 Å². The lowest BCUT2D eigenvalue weighted by Crippen LogP contribution is -2.36. The zero-order chi connectivity index (χ0) is 27.3. The van der Waals surface area contributed by atoms with Crippen LogP contribution in [0.15, 0.2) is 66.9 Å². The standard InChI is InChI=1S/C30H30FN5O4/c31-21-16-20(17-22(18-21)36-11-14-38-15-12-36)29(37)34-26-7-8-27(25-6-2-1-5-24(25)26)40-28-9-10-32-30(35-28)33-19-23-4-3-13-39-23/h1-2,5-10,16-18,23H,3-4,11-15,19H2,(H,34,37)(H,32,33,35)/t23-/m0/s1. The number of aromatic nitrogens is 2. The fraction of sp³-hybridized carbons (Fsp3) is 0.300. The summed E-state index contributed by atoms with van der Waals surface area (Å²) in [6.07, 6.45) is 3.89. The van der Waals surface area contributed by atoms with Gasteiger partial charge in [-0.2, -0.15) is 4.98 Å². The minimum absolute atomic E-state index is 0.165. The van der Waals surface area contributed by atoms with E-state index < -0.39 is 11.7 Å². The van der Waals surface area contributed by atoms with Crippen LogP contribution in [-0.2, 0) is 9.47 Å². The van der Waals surface area contributed by atoms with Crippen LogP contribution in [0.2, 0.25) is 0 Å². The summed E-state index contributed by atoms with van der Waals surface area (Å²) >= 11 is 0. The number of hydrogen-bond donors (Lipinski definition) is 2. The summed E-state index contributed by atoms with van der Waals surface area (Å²) in [5.41, 5.74) is 1.50. The van der Waals surface area contributed by atoms with Gasteiger partial charge < -0.3 is 29.7 Å². The van der Waals surface area contributed by atoms with Crippen LogP contribution in [0.4, 0.5) is 21.7 Å². The molecule has 0 radical (unpaired) electrons. The van der Waals surface area contributed by atoms with E-state index in [1.807, 2.05) is 29.2 Å². The molecule has 9 nitrogen and oxygen atoms in total. The summed E-state index contributed by atoms with van der Waals surface area (Å²) in [5, 5.41) is 7.74. The second kappa shape index (κ2) is 11.8. The van der Waals surface area contributed by atoms with Crippen LogP contribution >= 0.6 is 0 Å². The van der Waals surface area contributed by atoms with Crippen LogP contribution in [0, 0.1) is 5.82 Å². The predicted molar refractivity (Wildman–Crippen MR) is 151 cm³/mol. The number of rotatable bonds is 8. The number of hydrogen-bond acceptors (Lipinski definition) is 8. The molecule has 3 aromatic carbocycles. The number of fused-ring (bicyclic) bond motifs is 1. The molecule has 206 valence electrons. The van der Waals surface area contributed by atoms with Gasteiger partial charge in [0.2, 0.25) is 11.8 Å². The number of carbonyl (C=O) groups is 1. The van der Waals surface area contributed by atoms with E-state index in [2.05, 4.69) is 20.6 Å². The lowest BCUT2D eigenvalue weighted by atomic mass is 10.1. The third-order valence-electron chi connectivity index (χ3n) is 7.01. The summed E-state index contributed by atoms with van der Waals surface area (Å²) in [7, 11) is 0. The number of nitrogens with zero attached hydrogens (tertiary/aromatic N) is 3. The van der Waals surface area contributed by atoms with Crippen molar-refractivity contribution in [2.24, 2.45) is 0 Å². The monoisotopic (exact) mass is 543 g/mol. The van der Waals surface area contributed by atoms with E-state index in [-0.39, 0.29) is 11.7 Å². The van der Waals surface area contributed by atoms with Crippen molar-refractivity contribution >= 4 is 34.0 Å². The first-order valence-electron chi connectivity index (χ1n) is 13.5. The minimum Gasteiger partial charge on any atom is -0.438 e. The van der Waals surface area contributed by atoms with Gasteiger partial charge in [0, 0.05) is 66.2 Å². The van der Waals surface area contributed by atoms with Crippen LogP contribution in [0.25, 0.3) is 10.8 Å². The van der Waals surface area contributed by atoms with Gasteiger partial charge in [0.15, 0.2) is 0 Å². The Balaban J connectivity index is 1.20. The first-order chi connectivity index (χ1) is 19.6. The maximum absolute atomic E-state index is 14.5. The SMILES string of the molecule is O=C(Nc1ccc(Oc2ccnc(NC[C@@H]3CCCO3)n2)c2ccccc12)c1cc(F)cc(N2CCOCC2)c1. The Bertz CT molecular complexity index is 1500. The van der Waals surface area contributed by atoms with Gasteiger partial charge in [-0.25, -0.2) is 9.37 Å². The molecule has 2 aliphatic heterocycles. The lowest BCUT2D eigenvalue weighted by molar-refractivity contribution is 0.102. The van der Waals surface area contributed by atoms with Crippen molar-refractivity contribution in [3.8, 4) is 11.6 Å². The number of halogens is 1. The Morgan fingerprint density at radius 1 is 1.05 bits per heavy atom. The highest BCUT2D eigenvalue weighted by molar-refractivity contribution is 6.10. The van der Waals surface area contributed by atoms with E-state index in [1.165, 1.54) is 12.1 Å². The number of nitrogens with one attached hydrogen (secondary N) is 2. The zero-order valence-electron chi connectivity index (χ0n) is 21.9. The van der Waals surface area contributed by atoms with E-state index in [0.29, 0.717) is 61.8 Å². The van der Waals surface area contributed by atoms with Gasteiger partial charge in [0.25, 0.3) is 5.91 Å². The van der Waals surface area contributed by atoms with Crippen molar-refractivity contribution in [2.75, 3.05) is 55.0 Å². The molecular weight excluding hydrogens is 513 g/mol. The molecule has 1 amide bonds. The number of morpholine rings is 1. The fourth-order valence-electron chi connectivity index (χ4n) is 4.98. The average Bonchev–Trinajstić information content (AvgIpc) is 3.52. The Hall–Kier alpha value is -4.28. The molecule has 40 heavy (non-hydrogen) atoms. The molecule has 1 atom stereocenters. The Kier molecular flexibility index (Phi) is 7.69. The molecule has 2 aliphatic rings. The highest BCUT2D eigenvalue weighted by Gasteiger charge is 2.18. The van der Waals surface area contributed by atoms with Crippen molar-refractivity contribution in [1.82, 2.24) is 9.97 Å². The van der Waals surface area contributed by atoms with E-state index in [4.69, 9.17) is 14.2 Å². The van der Waals surface area contributed by atoms with Crippen LogP contribution in [0.3, 0.4) is 0 Å². The number of ether oxygens (including phenoxy) is 3. The smallest absolute Gasteiger partial charge is 0.255 e. The zero-order valence-corrected chi connectivity index (χ0v) is 21.9. The van der Waals surface area contributed by atoms with E-state index in [9.17, 15) is 9.18 Å². The molecular formula is C30H30FN5O4. The van der Waals surface area contributed by atoms with Gasteiger partial charge in [0.05, 0.1) is 19.3 Å². The first-order valence-corrected chi connectivity index (χ1v) is 13.5. The third-order valence-corrected chi connectivity index (χ3v) is 7.01. The van der Waals surface area contributed by atoms with Gasteiger partial charge in [-0.1, -0.05) is 24.3 Å². The maximum Gasteiger partial charge on any atom is 0.255 e. The first kappa shape index (κ1) is 26.0. The molecule has 10 heteroatoms. The molecule has 2 saturated heterocycles. The van der Waals surface area contributed by atoms with Crippen molar-refractivity contribution in [3.05, 3.63) is 78.2 Å². The largest absolute Gasteiger partial charge is 0.438 e. The lowest BCUT2D eigenvalue weighted by Gasteiger charge is -2.29. The number of amides is 1. The molecule has 6 rings (SSSR count). The predicted octanol–water partition coefficient (Wildman–Crippen LogP) is 5.24. The fourth-order valence-corrected chi connectivity index (χ4v) is 4.98. The van der Waals surface area contributed by atoms with Crippen LogP contribution in [0.5, 0.6) is 11.6 Å². The van der Waals surface area contributed by atoms with Crippen LogP contribution < -0.4 is 20.3 Å². The van der Waals surface area contributed by atoms with E-state index in [1.54, 1.807) is 30.5 Å². The second-order valence-electron chi connectivity index (χ2n) is 9.74. The Labute approximate surface area is 231 Å². The van der Waals surface area contributed by atoms with Gasteiger partial charge in [-0.3, -0.25) is 4.79 Å². The molecule has 0 spiro atoms. The number of anilines is 3. The molecule has 3 heterocycles. The van der Waals surface area contributed by atoms with Crippen molar-refractivity contribution < 1.29 is 23.4 Å². The third kappa shape index (κ3) is 5.98. The van der Waals surface area contributed by atoms with Crippen molar-refractivity contribution in [3.63, 3.8) is 0 Å². The summed E-state index contributed by atoms with van der Waals surface area (Å²) in [6, 6.07) is 17.3. The topological polar surface area (TPSA) is 97.8 Å². The van der Waals surface area contributed by atoms with E-state index >= 15 is 0 Å². The van der Waals surface area contributed by atoms with Crippen molar-refractivity contribution in [1.29, 1.82) is 0 Å². The molecule has 1 aromatic heterocycles. The highest BCUT2D eigenvalue weighted by Crippen LogP contribution is 2.34. The molecule has 2 N–H and O–H groups in total. The summed E-state index contributed by atoms with van der Waals surface area (Å²) < 4.78 is 31.7. The number of carbonyl (C=O) groups excluding carboxylic acids is 1. The summed E-state index contributed by atoms with van der Waals surface area (Å²) in [4.78, 5) is 24.0. The maximum atomic E-state index is 14.5. The van der Waals surface area contributed by atoms with Crippen LogP contribution in [-0.4, -0.2) is 61.4 Å². The Morgan fingerprint density at radius 2 is 1.90 bits per heavy atom. The molecule has 0 aliphatic carbocycles. The Morgan fingerprint density at radius 3 is 2.73 bits per heavy atom. The van der Waals surface area contributed by atoms with Gasteiger partial charge in [-0.05, 0) is 43.2 Å². The summed E-state index contributed by atoms with van der Waals surface area (Å²) in [5.74, 6) is 0.579. The summed E-state index contributed by atoms with van der Waals surface area (Å²) in [6.45, 7) is 3.87. The molecule has 0 bridgehead atoms. The molecule has 2 fully saturated rings. The van der Waals surface area contributed by atoms with Gasteiger partial charge in [-0.15, -0.1) is 0 Å². The van der Waals surface area contributed by atoms with Gasteiger partial charge in [0.1, 0.15) is 11.6 Å². The number of benzene rings is 3. The minimum atomic E-state index is -0.461. The van der Waals surface area contributed by atoms with Gasteiger partial charge >= 0.3 is 0 Å².